The zero-order chi connectivity index (χ0) is 21.2. The third kappa shape index (κ3) is 4.61. The maximum absolute atomic E-state index is 12.8. The van der Waals surface area contributed by atoms with Crippen LogP contribution in [0, 0.1) is 6.92 Å². The number of carbonyl (C=O) groups is 3. The molecule has 0 bridgehead atoms. The molecule has 2 aromatic rings. The van der Waals surface area contributed by atoms with E-state index >= 15 is 0 Å². The second-order valence-electron chi connectivity index (χ2n) is 6.61. The van der Waals surface area contributed by atoms with E-state index in [1.54, 1.807) is 12.1 Å². The Morgan fingerprint density at radius 3 is 2.52 bits per heavy atom. The Morgan fingerprint density at radius 1 is 1.14 bits per heavy atom. The zero-order valence-corrected chi connectivity index (χ0v) is 16.7. The monoisotopic (exact) mass is 416 g/mol. The Hall–Kier alpha value is -3.24. The third-order valence-corrected chi connectivity index (χ3v) is 6.13. The van der Waals surface area contributed by atoms with E-state index in [2.05, 4.69) is 16.0 Å². The Labute approximate surface area is 168 Å². The summed E-state index contributed by atoms with van der Waals surface area (Å²) >= 11 is 0. The second kappa shape index (κ2) is 8.02. The highest BCUT2D eigenvalue weighted by atomic mass is 32.2. The molecule has 2 aromatic carbocycles. The molecule has 0 radical (unpaired) electrons. The summed E-state index contributed by atoms with van der Waals surface area (Å²) in [6.45, 7) is 1.31. The number of hydrogen-bond donors (Lipinski definition) is 3. The minimum atomic E-state index is -4.04. The van der Waals surface area contributed by atoms with Crippen LogP contribution in [0.4, 0.5) is 11.4 Å². The van der Waals surface area contributed by atoms with Crippen molar-refractivity contribution in [1.29, 1.82) is 0 Å². The molecule has 0 atom stereocenters. The highest BCUT2D eigenvalue weighted by Crippen LogP contribution is 2.24. The molecular formula is C19H20N4O5S. The van der Waals surface area contributed by atoms with Crippen LogP contribution in [0.1, 0.15) is 15.9 Å². The SMILES string of the molecule is Cc1ccc(NC(=O)CN(C)S(=O)(=O)c2ccc3c(c2)C(=O)NCC(=O)N3)cc1. The van der Waals surface area contributed by atoms with Gasteiger partial charge in [-0.1, -0.05) is 17.7 Å². The largest absolute Gasteiger partial charge is 0.343 e. The number of amides is 3. The maximum atomic E-state index is 12.8. The molecule has 29 heavy (non-hydrogen) atoms. The first-order valence-electron chi connectivity index (χ1n) is 8.72. The predicted octanol–water partition coefficient (Wildman–Crippen LogP) is 0.936. The van der Waals surface area contributed by atoms with Gasteiger partial charge >= 0.3 is 0 Å². The van der Waals surface area contributed by atoms with Crippen molar-refractivity contribution in [1.82, 2.24) is 9.62 Å². The molecule has 3 amide bonds. The summed E-state index contributed by atoms with van der Waals surface area (Å²) in [5, 5.41) is 7.56. The molecule has 1 aliphatic rings. The van der Waals surface area contributed by atoms with E-state index in [0.29, 0.717) is 5.69 Å². The van der Waals surface area contributed by atoms with Crippen LogP contribution in [0.25, 0.3) is 0 Å². The zero-order valence-electron chi connectivity index (χ0n) is 15.9. The highest BCUT2D eigenvalue weighted by Gasteiger charge is 2.26. The molecule has 9 nitrogen and oxygen atoms in total. The van der Waals surface area contributed by atoms with E-state index in [1.807, 2.05) is 19.1 Å². The number of anilines is 2. The van der Waals surface area contributed by atoms with E-state index in [-0.39, 0.29) is 22.7 Å². The average molecular weight is 416 g/mol. The van der Waals surface area contributed by atoms with Crippen LogP contribution >= 0.6 is 0 Å². The lowest BCUT2D eigenvalue weighted by Gasteiger charge is -2.18. The van der Waals surface area contributed by atoms with Crippen LogP contribution in [-0.4, -0.2) is 50.6 Å². The number of nitrogens with one attached hydrogen (secondary N) is 3. The van der Waals surface area contributed by atoms with Gasteiger partial charge in [0, 0.05) is 12.7 Å². The normalized spacial score (nSPS) is 13.9. The topological polar surface area (TPSA) is 125 Å². The van der Waals surface area contributed by atoms with Gasteiger partial charge in [0.2, 0.25) is 21.8 Å². The van der Waals surface area contributed by atoms with Gasteiger partial charge < -0.3 is 16.0 Å². The molecule has 0 aliphatic carbocycles. The van der Waals surface area contributed by atoms with Gasteiger partial charge in [0.15, 0.2) is 0 Å². The Morgan fingerprint density at radius 2 is 1.83 bits per heavy atom. The van der Waals surface area contributed by atoms with Crippen molar-refractivity contribution >= 4 is 39.1 Å². The van der Waals surface area contributed by atoms with Gasteiger partial charge in [-0.15, -0.1) is 0 Å². The lowest BCUT2D eigenvalue weighted by molar-refractivity contribution is -0.116. The van der Waals surface area contributed by atoms with Gasteiger partial charge in [-0.25, -0.2) is 8.42 Å². The van der Waals surface area contributed by atoms with Crippen molar-refractivity contribution in [3.63, 3.8) is 0 Å². The summed E-state index contributed by atoms with van der Waals surface area (Å²) in [5.41, 5.74) is 1.85. The highest BCUT2D eigenvalue weighted by molar-refractivity contribution is 7.89. The van der Waals surface area contributed by atoms with Crippen molar-refractivity contribution in [3.8, 4) is 0 Å². The van der Waals surface area contributed by atoms with E-state index < -0.39 is 34.3 Å². The number of hydrogen-bond acceptors (Lipinski definition) is 5. The van der Waals surface area contributed by atoms with Gasteiger partial charge in [-0.05, 0) is 37.3 Å². The summed E-state index contributed by atoms with van der Waals surface area (Å²) in [6.07, 6.45) is 0. The van der Waals surface area contributed by atoms with Gasteiger partial charge in [0.05, 0.1) is 29.2 Å². The number of aryl methyl sites for hydroxylation is 1. The first kappa shape index (κ1) is 20.5. The van der Waals surface area contributed by atoms with Crippen LogP contribution in [0.3, 0.4) is 0 Å². The summed E-state index contributed by atoms with van der Waals surface area (Å²) in [4.78, 5) is 35.8. The minimum Gasteiger partial charge on any atom is -0.343 e. The van der Waals surface area contributed by atoms with Gasteiger partial charge in [0.1, 0.15) is 0 Å². The maximum Gasteiger partial charge on any atom is 0.253 e. The van der Waals surface area contributed by atoms with Crippen LogP contribution < -0.4 is 16.0 Å². The summed E-state index contributed by atoms with van der Waals surface area (Å²) in [5.74, 6) is -1.47. The Bertz CT molecular complexity index is 1080. The first-order valence-corrected chi connectivity index (χ1v) is 10.2. The summed E-state index contributed by atoms with van der Waals surface area (Å²) < 4.78 is 26.6. The molecule has 0 saturated carbocycles. The Balaban J connectivity index is 1.77. The van der Waals surface area contributed by atoms with Gasteiger partial charge in [-0.3, -0.25) is 14.4 Å². The summed E-state index contributed by atoms with van der Waals surface area (Å²) in [6, 6.07) is 10.9. The van der Waals surface area contributed by atoms with Crippen molar-refractivity contribution in [2.45, 2.75) is 11.8 Å². The van der Waals surface area contributed by atoms with Crippen LogP contribution in [0.2, 0.25) is 0 Å². The molecule has 0 aromatic heterocycles. The predicted molar refractivity (Wildman–Crippen MR) is 107 cm³/mol. The molecule has 1 heterocycles. The smallest absolute Gasteiger partial charge is 0.253 e. The Kier molecular flexibility index (Phi) is 5.66. The molecule has 0 fully saturated rings. The lowest BCUT2D eigenvalue weighted by Crippen LogP contribution is -2.35. The molecule has 3 N–H and O–H groups in total. The van der Waals surface area contributed by atoms with Crippen molar-refractivity contribution in [2.75, 3.05) is 30.8 Å². The van der Waals surface area contributed by atoms with E-state index in [4.69, 9.17) is 0 Å². The average Bonchev–Trinajstić information content (AvgIpc) is 2.81. The molecule has 1 aliphatic heterocycles. The second-order valence-corrected chi connectivity index (χ2v) is 8.66. The van der Waals surface area contributed by atoms with E-state index in [1.165, 1.54) is 25.2 Å². The van der Waals surface area contributed by atoms with Crippen LogP contribution in [0.15, 0.2) is 47.4 Å². The van der Waals surface area contributed by atoms with E-state index in [9.17, 15) is 22.8 Å². The quantitative estimate of drug-likeness (QED) is 0.669. The third-order valence-electron chi connectivity index (χ3n) is 4.33. The molecule has 10 heteroatoms. The van der Waals surface area contributed by atoms with Gasteiger partial charge in [0.25, 0.3) is 5.91 Å². The molecular weight excluding hydrogens is 396 g/mol. The molecule has 152 valence electrons. The lowest BCUT2D eigenvalue weighted by atomic mass is 10.1. The fourth-order valence-electron chi connectivity index (χ4n) is 2.74. The number of benzene rings is 2. The van der Waals surface area contributed by atoms with Crippen LogP contribution in [0.5, 0.6) is 0 Å². The molecule has 3 rings (SSSR count). The van der Waals surface area contributed by atoms with Crippen molar-refractivity contribution in [3.05, 3.63) is 53.6 Å². The number of nitrogens with zero attached hydrogens (tertiary/aromatic N) is 1. The standard InChI is InChI=1S/C19H20N4O5S/c1-12-3-5-13(6-4-12)21-18(25)11-23(2)29(27,28)14-7-8-16-15(9-14)19(26)20-10-17(24)22-16/h3-9H,10-11H2,1-2H3,(H,20,26)(H,21,25)(H,22,24). The molecule has 0 spiro atoms. The minimum absolute atomic E-state index is 0.0365. The molecule has 0 unspecified atom stereocenters. The van der Waals surface area contributed by atoms with Gasteiger partial charge in [-0.2, -0.15) is 4.31 Å². The first-order chi connectivity index (χ1) is 13.7. The number of fused-ring (bicyclic) bond motifs is 1. The fourth-order valence-corrected chi connectivity index (χ4v) is 3.89. The number of likely N-dealkylation sites (N-methyl/N-ethyl adjacent to an activating group) is 1. The fraction of sp³-hybridized carbons (Fsp3) is 0.211. The van der Waals surface area contributed by atoms with Crippen LogP contribution in [-0.2, 0) is 19.6 Å². The number of carbonyl (C=O) groups excluding carboxylic acids is 3. The van der Waals surface area contributed by atoms with Crippen molar-refractivity contribution < 1.29 is 22.8 Å². The van der Waals surface area contributed by atoms with Crippen molar-refractivity contribution in [2.24, 2.45) is 0 Å². The summed E-state index contributed by atoms with van der Waals surface area (Å²) in [7, 11) is -2.76. The number of rotatable bonds is 5. The molecule has 0 saturated heterocycles. The number of sulfonamides is 1. The van der Waals surface area contributed by atoms with E-state index in [0.717, 1.165) is 9.87 Å².